The highest BCUT2D eigenvalue weighted by atomic mass is 16.5. The second-order valence-electron chi connectivity index (χ2n) is 6.42. The third-order valence-electron chi connectivity index (χ3n) is 4.62. The molecule has 1 heterocycles. The Kier molecular flexibility index (Phi) is 6.43. The Bertz CT molecular complexity index is 414. The lowest BCUT2D eigenvalue weighted by Crippen LogP contribution is -2.44. The fraction of sp³-hybridized carbons (Fsp3) is 0.765. The van der Waals surface area contributed by atoms with Crippen LogP contribution in [0.4, 0.5) is 0 Å². The monoisotopic (exact) mass is 308 g/mol. The molecule has 2 atom stereocenters. The zero-order valence-corrected chi connectivity index (χ0v) is 13.7. The summed E-state index contributed by atoms with van der Waals surface area (Å²) in [4.78, 5) is 25.7. The van der Waals surface area contributed by atoms with Gasteiger partial charge in [0.1, 0.15) is 0 Å². The maximum Gasteiger partial charge on any atom is 0.308 e. The zero-order chi connectivity index (χ0) is 15.9. The van der Waals surface area contributed by atoms with E-state index in [-0.39, 0.29) is 23.8 Å². The van der Waals surface area contributed by atoms with Gasteiger partial charge in [0.15, 0.2) is 0 Å². The van der Waals surface area contributed by atoms with Gasteiger partial charge in [-0.1, -0.05) is 12.2 Å². The van der Waals surface area contributed by atoms with Gasteiger partial charge in [-0.15, -0.1) is 0 Å². The quantitative estimate of drug-likeness (QED) is 0.622. The molecule has 1 N–H and O–H groups in total. The van der Waals surface area contributed by atoms with Crippen LogP contribution in [0.25, 0.3) is 0 Å². The summed E-state index contributed by atoms with van der Waals surface area (Å²) < 4.78 is 4.78. The van der Waals surface area contributed by atoms with E-state index in [0.717, 1.165) is 6.42 Å². The van der Waals surface area contributed by atoms with E-state index in [1.165, 1.54) is 20.0 Å². The first-order valence-electron chi connectivity index (χ1n) is 8.38. The van der Waals surface area contributed by atoms with Gasteiger partial charge in [0.25, 0.3) is 0 Å². The third-order valence-corrected chi connectivity index (χ3v) is 4.62. The number of carbonyl (C=O) groups excluding carboxylic acids is 2. The molecule has 0 saturated carbocycles. The van der Waals surface area contributed by atoms with Crippen molar-refractivity contribution < 1.29 is 14.3 Å². The van der Waals surface area contributed by atoms with Crippen LogP contribution in [-0.2, 0) is 14.3 Å². The molecule has 1 fully saturated rings. The Balaban J connectivity index is 1.72. The van der Waals surface area contributed by atoms with Crippen LogP contribution in [0.5, 0.6) is 0 Å². The highest BCUT2D eigenvalue weighted by Crippen LogP contribution is 2.19. The van der Waals surface area contributed by atoms with E-state index in [2.05, 4.69) is 24.4 Å². The molecule has 2 rings (SSSR count). The molecule has 5 heteroatoms. The number of hydrogen-bond acceptors (Lipinski definition) is 4. The molecule has 0 aromatic rings. The number of ether oxygens (including phenoxy) is 1. The number of esters is 1. The number of carbonyl (C=O) groups is 2. The van der Waals surface area contributed by atoms with E-state index in [1.807, 2.05) is 4.90 Å². The van der Waals surface area contributed by atoms with Gasteiger partial charge in [-0.25, -0.2) is 0 Å². The lowest BCUT2D eigenvalue weighted by atomic mass is 9.96. The average Bonchev–Trinajstić information content (AvgIpc) is 2.55. The molecule has 0 aromatic carbocycles. The number of allylic oxidation sites excluding steroid dienone is 1. The van der Waals surface area contributed by atoms with Crippen LogP contribution < -0.4 is 5.32 Å². The van der Waals surface area contributed by atoms with Crippen molar-refractivity contribution in [2.24, 2.45) is 5.92 Å². The van der Waals surface area contributed by atoms with Crippen molar-refractivity contribution in [3.05, 3.63) is 12.2 Å². The first-order chi connectivity index (χ1) is 10.6. The Morgan fingerprint density at radius 3 is 2.64 bits per heavy atom. The second kappa shape index (κ2) is 8.32. The highest BCUT2D eigenvalue weighted by molar-refractivity contribution is 5.77. The number of piperidine rings is 1. The summed E-state index contributed by atoms with van der Waals surface area (Å²) in [5.74, 6) is -0.00806. The normalized spacial score (nSPS) is 24.1. The van der Waals surface area contributed by atoms with Crippen molar-refractivity contribution in [1.82, 2.24) is 10.2 Å². The SMILES string of the molecule is COC(=O)C1CCN(C(=O)C[C@H](C)N[C@H]2C=CCCC2)CC1. The van der Waals surface area contributed by atoms with Crippen LogP contribution in [0.2, 0.25) is 0 Å². The van der Waals surface area contributed by atoms with Gasteiger partial charge < -0.3 is 15.0 Å². The summed E-state index contributed by atoms with van der Waals surface area (Å²) in [5, 5.41) is 3.52. The van der Waals surface area contributed by atoms with Gasteiger partial charge in [0.2, 0.25) is 5.91 Å². The summed E-state index contributed by atoms with van der Waals surface area (Å²) in [6.07, 6.45) is 9.92. The topological polar surface area (TPSA) is 58.6 Å². The first kappa shape index (κ1) is 17.0. The van der Waals surface area contributed by atoms with Crippen molar-refractivity contribution in [3.8, 4) is 0 Å². The Hall–Kier alpha value is -1.36. The smallest absolute Gasteiger partial charge is 0.308 e. The molecule has 1 aliphatic carbocycles. The number of nitrogens with zero attached hydrogens (tertiary/aromatic N) is 1. The summed E-state index contributed by atoms with van der Waals surface area (Å²) in [6, 6.07) is 0.584. The van der Waals surface area contributed by atoms with Gasteiger partial charge in [-0.3, -0.25) is 9.59 Å². The average molecular weight is 308 g/mol. The molecule has 124 valence electrons. The number of nitrogens with one attached hydrogen (secondary N) is 1. The van der Waals surface area contributed by atoms with Crippen molar-refractivity contribution in [2.45, 2.75) is 57.5 Å². The molecular formula is C17H28N2O3. The number of amides is 1. The van der Waals surface area contributed by atoms with E-state index >= 15 is 0 Å². The molecule has 2 aliphatic rings. The largest absolute Gasteiger partial charge is 0.469 e. The van der Waals surface area contributed by atoms with Gasteiger partial charge in [0, 0.05) is 31.6 Å². The molecule has 0 spiro atoms. The second-order valence-corrected chi connectivity index (χ2v) is 6.42. The highest BCUT2D eigenvalue weighted by Gasteiger charge is 2.28. The minimum absolute atomic E-state index is 0.0445. The maximum absolute atomic E-state index is 12.3. The molecule has 1 aliphatic heterocycles. The van der Waals surface area contributed by atoms with Crippen molar-refractivity contribution in [1.29, 1.82) is 0 Å². The molecular weight excluding hydrogens is 280 g/mol. The summed E-state index contributed by atoms with van der Waals surface area (Å²) >= 11 is 0. The van der Waals surface area contributed by atoms with Crippen LogP contribution in [0.1, 0.15) is 45.4 Å². The molecule has 1 saturated heterocycles. The molecule has 5 nitrogen and oxygen atoms in total. The molecule has 1 amide bonds. The maximum atomic E-state index is 12.3. The summed E-state index contributed by atoms with van der Waals surface area (Å²) in [6.45, 7) is 3.39. The van der Waals surface area contributed by atoms with E-state index in [1.54, 1.807) is 0 Å². The predicted octanol–water partition coefficient (Wildman–Crippen LogP) is 1.87. The fourth-order valence-electron chi connectivity index (χ4n) is 3.30. The molecule has 0 unspecified atom stereocenters. The van der Waals surface area contributed by atoms with Crippen LogP contribution in [0, 0.1) is 5.92 Å². The summed E-state index contributed by atoms with van der Waals surface area (Å²) in [5.41, 5.74) is 0. The number of likely N-dealkylation sites (tertiary alicyclic amines) is 1. The van der Waals surface area contributed by atoms with Gasteiger partial charge in [0.05, 0.1) is 13.0 Å². The Labute approximate surface area is 133 Å². The molecule has 0 bridgehead atoms. The Morgan fingerprint density at radius 2 is 2.05 bits per heavy atom. The molecule has 0 radical (unpaired) electrons. The minimum Gasteiger partial charge on any atom is -0.469 e. The van der Waals surface area contributed by atoms with E-state index in [4.69, 9.17) is 4.74 Å². The number of hydrogen-bond donors (Lipinski definition) is 1. The van der Waals surface area contributed by atoms with Crippen LogP contribution >= 0.6 is 0 Å². The van der Waals surface area contributed by atoms with E-state index < -0.39 is 0 Å². The lowest BCUT2D eigenvalue weighted by Gasteiger charge is -2.32. The van der Waals surface area contributed by atoms with Crippen molar-refractivity contribution in [3.63, 3.8) is 0 Å². The van der Waals surface area contributed by atoms with Gasteiger partial charge in [-0.05, 0) is 39.0 Å². The van der Waals surface area contributed by atoms with Crippen molar-refractivity contribution >= 4 is 11.9 Å². The van der Waals surface area contributed by atoms with Crippen LogP contribution in [-0.4, -0.2) is 49.1 Å². The number of methoxy groups -OCH3 is 1. The van der Waals surface area contributed by atoms with Crippen LogP contribution in [0.3, 0.4) is 0 Å². The van der Waals surface area contributed by atoms with Crippen LogP contribution in [0.15, 0.2) is 12.2 Å². The number of rotatable bonds is 5. The fourth-order valence-corrected chi connectivity index (χ4v) is 3.30. The lowest BCUT2D eigenvalue weighted by molar-refractivity contribution is -0.149. The molecule has 22 heavy (non-hydrogen) atoms. The van der Waals surface area contributed by atoms with Gasteiger partial charge >= 0.3 is 5.97 Å². The van der Waals surface area contributed by atoms with E-state index in [0.29, 0.717) is 38.4 Å². The van der Waals surface area contributed by atoms with E-state index in [9.17, 15) is 9.59 Å². The third kappa shape index (κ3) is 4.83. The first-order valence-corrected chi connectivity index (χ1v) is 8.38. The Morgan fingerprint density at radius 1 is 1.32 bits per heavy atom. The minimum atomic E-state index is -0.147. The predicted molar refractivity (Wildman–Crippen MR) is 85.3 cm³/mol. The standard InChI is InChI=1S/C17H28N2O3/c1-13(18-15-6-4-3-5-7-15)12-16(20)19-10-8-14(9-11-19)17(21)22-2/h4,6,13-15,18H,3,5,7-12H2,1-2H3/t13-,15-/m0/s1. The zero-order valence-electron chi connectivity index (χ0n) is 13.7. The van der Waals surface area contributed by atoms with Gasteiger partial charge in [-0.2, -0.15) is 0 Å². The van der Waals surface area contributed by atoms with Crippen molar-refractivity contribution in [2.75, 3.05) is 20.2 Å². The summed E-state index contributed by atoms with van der Waals surface area (Å²) in [7, 11) is 1.42. The molecule has 0 aromatic heterocycles.